The number of nitrogens with one attached hydrogen (secondary N) is 2. The van der Waals surface area contributed by atoms with Gasteiger partial charge in [0.15, 0.2) is 0 Å². The Hall–Kier alpha value is -2.71. The highest BCUT2D eigenvalue weighted by Gasteiger charge is 2.31. The maximum atomic E-state index is 12.7. The molecule has 0 unspecified atom stereocenters. The maximum Gasteiger partial charge on any atom is 0.339 e. The van der Waals surface area contributed by atoms with Gasteiger partial charge >= 0.3 is 5.97 Å². The van der Waals surface area contributed by atoms with Gasteiger partial charge in [-0.3, -0.25) is 4.79 Å². The lowest BCUT2D eigenvalue weighted by atomic mass is 10.1. The number of hydrogen-bond donors (Lipinski definition) is 2. The molecular formula is C21H24N2O5S. The molecular weight excluding hydrogens is 392 g/mol. The number of benzene rings is 2. The molecule has 8 heteroatoms. The Morgan fingerprint density at radius 1 is 1.03 bits per heavy atom. The summed E-state index contributed by atoms with van der Waals surface area (Å²) in [7, 11) is -3.76. The molecule has 1 amide bonds. The van der Waals surface area contributed by atoms with E-state index < -0.39 is 28.0 Å². The Kier molecular flexibility index (Phi) is 6.34. The van der Waals surface area contributed by atoms with Crippen molar-refractivity contribution in [1.29, 1.82) is 0 Å². The van der Waals surface area contributed by atoms with Crippen LogP contribution in [0.3, 0.4) is 0 Å². The van der Waals surface area contributed by atoms with Crippen molar-refractivity contribution in [3.05, 3.63) is 65.7 Å². The monoisotopic (exact) mass is 416 g/mol. The molecule has 2 N–H and O–H groups in total. The van der Waals surface area contributed by atoms with E-state index in [-0.39, 0.29) is 22.5 Å². The minimum absolute atomic E-state index is 0.0423. The summed E-state index contributed by atoms with van der Waals surface area (Å²) in [5.74, 6) is -1.16. The number of esters is 1. The second-order valence-corrected chi connectivity index (χ2v) is 9.00. The maximum absolute atomic E-state index is 12.7. The van der Waals surface area contributed by atoms with Crippen molar-refractivity contribution in [1.82, 2.24) is 10.0 Å². The summed E-state index contributed by atoms with van der Waals surface area (Å²) in [5.41, 5.74) is 0.598. The predicted molar refractivity (Wildman–Crippen MR) is 108 cm³/mol. The van der Waals surface area contributed by atoms with Crippen molar-refractivity contribution in [3.8, 4) is 0 Å². The number of hydrogen-bond acceptors (Lipinski definition) is 5. The van der Waals surface area contributed by atoms with E-state index in [2.05, 4.69) is 10.0 Å². The van der Waals surface area contributed by atoms with Crippen LogP contribution in [0, 0.1) is 0 Å². The molecule has 1 aliphatic carbocycles. The van der Waals surface area contributed by atoms with E-state index in [1.165, 1.54) is 24.3 Å². The normalized spacial score (nSPS) is 15.0. The van der Waals surface area contributed by atoms with Crippen molar-refractivity contribution >= 4 is 21.9 Å². The fourth-order valence-electron chi connectivity index (χ4n) is 2.75. The van der Waals surface area contributed by atoms with E-state index in [0.717, 1.165) is 12.8 Å². The molecule has 2 aromatic carbocycles. The second kappa shape index (κ2) is 8.75. The fraction of sp³-hybridized carbons (Fsp3) is 0.333. The zero-order valence-electron chi connectivity index (χ0n) is 16.3. The van der Waals surface area contributed by atoms with E-state index in [1.807, 2.05) is 0 Å². The van der Waals surface area contributed by atoms with Crippen LogP contribution < -0.4 is 10.0 Å². The van der Waals surface area contributed by atoms with Crippen molar-refractivity contribution in [3.63, 3.8) is 0 Å². The first-order valence-electron chi connectivity index (χ1n) is 9.45. The summed E-state index contributed by atoms with van der Waals surface area (Å²) in [4.78, 5) is 25.3. The van der Waals surface area contributed by atoms with Crippen LogP contribution in [0.15, 0.2) is 59.5 Å². The lowest BCUT2D eigenvalue weighted by Gasteiger charge is -2.18. The summed E-state index contributed by atoms with van der Waals surface area (Å²) in [6.07, 6.45) is 0.701. The molecule has 2 aromatic rings. The summed E-state index contributed by atoms with van der Waals surface area (Å²) < 4.78 is 32.7. The SMILES string of the molecule is CC(C)NS(=O)(=O)c1cccc(C(=O)O[C@@H](C(=O)NC2CC2)c2ccccc2)c1. The smallest absolute Gasteiger partial charge is 0.339 e. The fourth-order valence-corrected chi connectivity index (χ4v) is 4.05. The van der Waals surface area contributed by atoms with Crippen LogP contribution in [0.4, 0.5) is 0 Å². The van der Waals surface area contributed by atoms with Crippen LogP contribution in [0.2, 0.25) is 0 Å². The number of ether oxygens (including phenoxy) is 1. The van der Waals surface area contributed by atoms with Gasteiger partial charge in [-0.1, -0.05) is 36.4 Å². The highest BCUT2D eigenvalue weighted by molar-refractivity contribution is 7.89. The molecule has 0 saturated heterocycles. The lowest BCUT2D eigenvalue weighted by molar-refractivity contribution is -0.130. The minimum atomic E-state index is -3.76. The first-order chi connectivity index (χ1) is 13.8. The second-order valence-electron chi connectivity index (χ2n) is 7.28. The molecule has 0 radical (unpaired) electrons. The first kappa shape index (κ1) is 21.0. The highest BCUT2D eigenvalue weighted by atomic mass is 32.2. The van der Waals surface area contributed by atoms with Gasteiger partial charge in [0.25, 0.3) is 5.91 Å². The van der Waals surface area contributed by atoms with Crippen molar-refractivity contribution in [2.75, 3.05) is 0 Å². The van der Waals surface area contributed by atoms with Crippen LogP contribution in [-0.2, 0) is 19.6 Å². The summed E-state index contributed by atoms with van der Waals surface area (Å²) >= 11 is 0. The number of carbonyl (C=O) groups is 2. The molecule has 1 fully saturated rings. The zero-order valence-corrected chi connectivity index (χ0v) is 17.1. The van der Waals surface area contributed by atoms with Gasteiger partial charge in [-0.25, -0.2) is 17.9 Å². The van der Waals surface area contributed by atoms with Gasteiger partial charge in [0, 0.05) is 17.6 Å². The molecule has 1 saturated carbocycles. The Balaban J connectivity index is 1.82. The quantitative estimate of drug-likeness (QED) is 0.644. The molecule has 3 rings (SSSR count). The Labute approximate surface area is 170 Å². The van der Waals surface area contributed by atoms with Crippen molar-refractivity contribution in [2.45, 2.75) is 49.8 Å². The largest absolute Gasteiger partial charge is 0.444 e. The van der Waals surface area contributed by atoms with Crippen LogP contribution in [0.5, 0.6) is 0 Å². The Morgan fingerprint density at radius 2 is 1.72 bits per heavy atom. The lowest BCUT2D eigenvalue weighted by Crippen LogP contribution is -2.33. The third-order valence-corrected chi connectivity index (χ3v) is 5.92. The van der Waals surface area contributed by atoms with Gasteiger partial charge in [-0.15, -0.1) is 0 Å². The van der Waals surface area contributed by atoms with Crippen molar-refractivity contribution in [2.24, 2.45) is 0 Å². The predicted octanol–water partition coefficient (Wildman–Crippen LogP) is 2.55. The Bertz CT molecular complexity index is 985. The summed E-state index contributed by atoms with van der Waals surface area (Å²) in [6, 6.07) is 14.1. The summed E-state index contributed by atoms with van der Waals surface area (Å²) in [5, 5.41) is 2.84. The van der Waals surface area contributed by atoms with E-state index in [0.29, 0.717) is 5.56 Å². The molecule has 0 spiro atoms. The molecule has 0 aromatic heterocycles. The topological polar surface area (TPSA) is 102 Å². The van der Waals surface area contributed by atoms with E-state index in [4.69, 9.17) is 4.74 Å². The number of rotatable bonds is 8. The van der Waals surface area contributed by atoms with Gasteiger partial charge in [0.1, 0.15) is 0 Å². The summed E-state index contributed by atoms with van der Waals surface area (Å²) in [6.45, 7) is 3.41. The highest BCUT2D eigenvalue weighted by Crippen LogP contribution is 2.24. The van der Waals surface area contributed by atoms with Gasteiger partial charge in [-0.2, -0.15) is 0 Å². The molecule has 154 valence electrons. The Morgan fingerprint density at radius 3 is 2.34 bits per heavy atom. The molecule has 1 aliphatic rings. The average molecular weight is 416 g/mol. The molecule has 29 heavy (non-hydrogen) atoms. The minimum Gasteiger partial charge on any atom is -0.444 e. The van der Waals surface area contributed by atoms with Gasteiger partial charge < -0.3 is 10.1 Å². The third kappa shape index (κ3) is 5.65. The van der Waals surface area contributed by atoms with Crippen molar-refractivity contribution < 1.29 is 22.7 Å². The molecule has 0 bridgehead atoms. The van der Waals surface area contributed by atoms with Crippen LogP contribution in [-0.4, -0.2) is 32.4 Å². The third-order valence-electron chi connectivity index (χ3n) is 4.26. The first-order valence-corrected chi connectivity index (χ1v) is 10.9. The van der Waals surface area contributed by atoms with Gasteiger partial charge in [-0.05, 0) is 44.9 Å². The molecule has 7 nitrogen and oxygen atoms in total. The number of amides is 1. The van der Waals surface area contributed by atoms with Crippen LogP contribution >= 0.6 is 0 Å². The van der Waals surface area contributed by atoms with E-state index in [1.54, 1.807) is 44.2 Å². The molecule has 0 aliphatic heterocycles. The van der Waals surface area contributed by atoms with Gasteiger partial charge in [0.2, 0.25) is 16.1 Å². The number of sulfonamides is 1. The van der Waals surface area contributed by atoms with E-state index >= 15 is 0 Å². The molecule has 1 atom stereocenters. The zero-order chi connectivity index (χ0) is 21.0. The standard InChI is InChI=1S/C21H24N2O5S/c1-14(2)23-29(26,27)18-10-6-9-16(13-18)21(25)28-19(15-7-4-3-5-8-15)20(24)22-17-11-12-17/h3-10,13-14,17,19,23H,11-12H2,1-2H3,(H,22,24)/t19-/m1/s1. The van der Waals surface area contributed by atoms with E-state index in [9.17, 15) is 18.0 Å². The molecule has 0 heterocycles. The average Bonchev–Trinajstić information content (AvgIpc) is 3.49. The number of carbonyl (C=O) groups excluding carboxylic acids is 2. The van der Waals surface area contributed by atoms with Gasteiger partial charge in [0.05, 0.1) is 10.5 Å². The van der Waals surface area contributed by atoms with Crippen LogP contribution in [0.1, 0.15) is 48.7 Å². The van der Waals surface area contributed by atoms with Crippen LogP contribution in [0.25, 0.3) is 0 Å².